The number of anilines is 3. The van der Waals surface area contributed by atoms with E-state index in [1.165, 1.54) is 22.0 Å². The van der Waals surface area contributed by atoms with Crippen molar-refractivity contribution in [1.29, 1.82) is 0 Å². The fraction of sp³-hybridized carbons (Fsp3) is 0.423. The van der Waals surface area contributed by atoms with Crippen LogP contribution in [0.4, 0.5) is 22.1 Å². The van der Waals surface area contributed by atoms with Crippen molar-refractivity contribution < 1.29 is 23.5 Å². The first-order valence-electron chi connectivity index (χ1n) is 12.2. The highest BCUT2D eigenvalue weighted by molar-refractivity contribution is 6.02. The molecule has 0 radical (unpaired) electrons. The average Bonchev–Trinajstić information content (AvgIpc) is 3.48. The van der Waals surface area contributed by atoms with Gasteiger partial charge < -0.3 is 19.2 Å². The summed E-state index contributed by atoms with van der Waals surface area (Å²) in [5.74, 6) is 0.881. The summed E-state index contributed by atoms with van der Waals surface area (Å²) >= 11 is 0. The van der Waals surface area contributed by atoms with Crippen molar-refractivity contribution in [2.45, 2.75) is 51.7 Å². The molecule has 1 amide bonds. The summed E-state index contributed by atoms with van der Waals surface area (Å²) in [6.07, 6.45) is 4.63. The number of rotatable bonds is 7. The summed E-state index contributed by atoms with van der Waals surface area (Å²) in [5, 5.41) is 7.68. The topological polar surface area (TPSA) is 124 Å². The molecule has 1 saturated carbocycles. The summed E-state index contributed by atoms with van der Waals surface area (Å²) in [6.45, 7) is 5.39. The SMILES string of the molecule is COC1CCC1CC(=O)c1cnn2c(N(C)C(=O)OC(C)(C)C)cc(Nc3cccc4ocnc34)nc12. The summed E-state index contributed by atoms with van der Waals surface area (Å²) < 4.78 is 17.9. The molecule has 11 nitrogen and oxygen atoms in total. The lowest BCUT2D eigenvalue weighted by Crippen LogP contribution is -2.35. The van der Waals surface area contributed by atoms with Crippen molar-refractivity contribution in [3.8, 4) is 0 Å². The predicted molar refractivity (Wildman–Crippen MR) is 137 cm³/mol. The van der Waals surface area contributed by atoms with Crippen molar-refractivity contribution >= 4 is 45.9 Å². The van der Waals surface area contributed by atoms with Gasteiger partial charge in [0.25, 0.3) is 0 Å². The smallest absolute Gasteiger partial charge is 0.415 e. The number of ether oxygens (including phenoxy) is 2. The van der Waals surface area contributed by atoms with Gasteiger partial charge in [0, 0.05) is 26.6 Å². The van der Waals surface area contributed by atoms with E-state index in [1.54, 1.807) is 41.0 Å². The van der Waals surface area contributed by atoms with Crippen LogP contribution < -0.4 is 10.2 Å². The zero-order valence-electron chi connectivity index (χ0n) is 21.5. The van der Waals surface area contributed by atoms with Crippen LogP contribution in [0.5, 0.6) is 0 Å². The fourth-order valence-electron chi connectivity index (χ4n) is 4.43. The highest BCUT2D eigenvalue weighted by Gasteiger charge is 2.34. The van der Waals surface area contributed by atoms with E-state index in [4.69, 9.17) is 18.9 Å². The molecule has 1 aliphatic rings. The largest absolute Gasteiger partial charge is 0.443 e. The van der Waals surface area contributed by atoms with Gasteiger partial charge in [0.15, 0.2) is 23.4 Å². The van der Waals surface area contributed by atoms with E-state index in [0.29, 0.717) is 46.1 Å². The number of methoxy groups -OCH3 is 1. The van der Waals surface area contributed by atoms with Crippen LogP contribution in [0.1, 0.15) is 50.4 Å². The Balaban J connectivity index is 1.56. The first kappa shape index (κ1) is 24.7. The van der Waals surface area contributed by atoms with E-state index in [1.807, 2.05) is 18.2 Å². The molecule has 1 N–H and O–H groups in total. The summed E-state index contributed by atoms with van der Waals surface area (Å²) in [6, 6.07) is 7.16. The molecule has 0 saturated heterocycles. The second-order valence-electron chi connectivity index (χ2n) is 10.2. The molecule has 0 spiro atoms. The Hall–Kier alpha value is -3.99. The maximum absolute atomic E-state index is 13.3. The number of benzene rings is 1. The summed E-state index contributed by atoms with van der Waals surface area (Å²) in [7, 11) is 3.26. The van der Waals surface area contributed by atoms with Gasteiger partial charge in [-0.1, -0.05) is 6.07 Å². The summed E-state index contributed by atoms with van der Waals surface area (Å²) in [5.41, 5.74) is 1.94. The Morgan fingerprint density at radius 1 is 1.27 bits per heavy atom. The van der Waals surface area contributed by atoms with Crippen LogP contribution in [-0.2, 0) is 9.47 Å². The number of aromatic nitrogens is 4. The van der Waals surface area contributed by atoms with Gasteiger partial charge in [-0.2, -0.15) is 9.61 Å². The number of fused-ring (bicyclic) bond motifs is 2. The fourth-order valence-corrected chi connectivity index (χ4v) is 4.43. The molecular formula is C26H30N6O5. The average molecular weight is 507 g/mol. The third-order valence-corrected chi connectivity index (χ3v) is 6.49. The second-order valence-corrected chi connectivity index (χ2v) is 10.2. The molecule has 0 aliphatic heterocycles. The van der Waals surface area contributed by atoms with E-state index >= 15 is 0 Å². The van der Waals surface area contributed by atoms with Gasteiger partial charge in [-0.15, -0.1) is 0 Å². The number of hydrogen-bond acceptors (Lipinski definition) is 9. The lowest BCUT2D eigenvalue weighted by molar-refractivity contribution is -0.0171. The second kappa shape index (κ2) is 9.47. The number of carbonyl (C=O) groups is 2. The Labute approximate surface area is 213 Å². The van der Waals surface area contributed by atoms with Gasteiger partial charge in [-0.3, -0.25) is 9.69 Å². The quantitative estimate of drug-likeness (QED) is 0.345. The van der Waals surface area contributed by atoms with Crippen LogP contribution in [0.2, 0.25) is 0 Å². The minimum absolute atomic E-state index is 0.0733. The molecule has 194 valence electrons. The van der Waals surface area contributed by atoms with E-state index in [9.17, 15) is 9.59 Å². The molecule has 1 aromatic carbocycles. The van der Waals surface area contributed by atoms with Crippen LogP contribution in [-0.4, -0.2) is 57.3 Å². The Morgan fingerprint density at radius 3 is 2.78 bits per heavy atom. The molecule has 1 aliphatic carbocycles. The molecule has 4 aromatic rings. The van der Waals surface area contributed by atoms with Crippen LogP contribution in [0.3, 0.4) is 0 Å². The highest BCUT2D eigenvalue weighted by Crippen LogP contribution is 2.34. The van der Waals surface area contributed by atoms with E-state index in [2.05, 4.69) is 15.4 Å². The Kier molecular flexibility index (Phi) is 6.32. The zero-order valence-corrected chi connectivity index (χ0v) is 21.5. The van der Waals surface area contributed by atoms with Crippen molar-refractivity contribution in [2.75, 3.05) is 24.4 Å². The zero-order chi connectivity index (χ0) is 26.3. The molecule has 37 heavy (non-hydrogen) atoms. The van der Waals surface area contributed by atoms with E-state index in [0.717, 1.165) is 12.8 Å². The molecule has 2 unspecified atom stereocenters. The minimum atomic E-state index is -0.687. The standard InChI is InChI=1S/C26H30N6O5/c1-26(2,3)37-25(34)31(4)22-12-21(29-17-7-6-8-20-23(17)27-14-36-20)30-24-16(13-28-32(22)24)18(33)11-15-9-10-19(15)35-5/h6-8,12-15,19H,9-11H2,1-5H3,(H,29,30). The molecule has 1 fully saturated rings. The van der Waals surface area contributed by atoms with Crippen molar-refractivity contribution in [2.24, 2.45) is 5.92 Å². The number of Topliss-reactive ketones (excluding diaryl/α,β-unsaturated/α-hetero) is 1. The van der Waals surface area contributed by atoms with Gasteiger partial charge in [-0.25, -0.2) is 14.8 Å². The number of carbonyl (C=O) groups excluding carboxylic acids is 2. The third kappa shape index (κ3) is 4.86. The molecule has 2 atom stereocenters. The monoisotopic (exact) mass is 506 g/mol. The molecule has 3 aromatic heterocycles. The number of para-hydroxylation sites is 1. The van der Waals surface area contributed by atoms with Gasteiger partial charge in [-0.05, 0) is 51.7 Å². The van der Waals surface area contributed by atoms with Crippen molar-refractivity contribution in [1.82, 2.24) is 19.6 Å². The number of nitrogens with one attached hydrogen (secondary N) is 1. The lowest BCUT2D eigenvalue weighted by atomic mass is 9.78. The van der Waals surface area contributed by atoms with Crippen LogP contribution >= 0.6 is 0 Å². The van der Waals surface area contributed by atoms with Gasteiger partial charge in [0.05, 0.1) is 23.6 Å². The maximum Gasteiger partial charge on any atom is 0.415 e. The van der Waals surface area contributed by atoms with Crippen LogP contribution in [0.25, 0.3) is 16.7 Å². The lowest BCUT2D eigenvalue weighted by Gasteiger charge is -2.34. The van der Waals surface area contributed by atoms with E-state index in [-0.39, 0.29) is 17.8 Å². The van der Waals surface area contributed by atoms with Crippen LogP contribution in [0, 0.1) is 5.92 Å². The maximum atomic E-state index is 13.3. The third-order valence-electron chi connectivity index (χ3n) is 6.49. The number of ketones is 1. The van der Waals surface area contributed by atoms with Crippen molar-refractivity contribution in [3.63, 3.8) is 0 Å². The summed E-state index contributed by atoms with van der Waals surface area (Å²) in [4.78, 5) is 36.6. The minimum Gasteiger partial charge on any atom is -0.443 e. The number of hydrogen-bond donors (Lipinski definition) is 1. The first-order chi connectivity index (χ1) is 17.6. The normalized spacial score (nSPS) is 17.5. The molecule has 0 bridgehead atoms. The molecule has 11 heteroatoms. The molecule has 3 heterocycles. The van der Waals surface area contributed by atoms with Gasteiger partial charge in [0.1, 0.15) is 22.8 Å². The van der Waals surface area contributed by atoms with Gasteiger partial charge in [0.2, 0.25) is 0 Å². The molecule has 5 rings (SSSR count). The van der Waals surface area contributed by atoms with Crippen molar-refractivity contribution in [3.05, 3.63) is 42.4 Å². The Morgan fingerprint density at radius 2 is 2.08 bits per heavy atom. The number of amides is 1. The van der Waals surface area contributed by atoms with Crippen LogP contribution in [0.15, 0.2) is 41.3 Å². The van der Waals surface area contributed by atoms with Gasteiger partial charge >= 0.3 is 6.09 Å². The number of nitrogens with zero attached hydrogens (tertiary/aromatic N) is 5. The first-order valence-corrected chi connectivity index (χ1v) is 12.2. The molecular weight excluding hydrogens is 476 g/mol. The Bertz CT molecular complexity index is 1470. The predicted octanol–water partition coefficient (Wildman–Crippen LogP) is 4.98. The highest BCUT2D eigenvalue weighted by atomic mass is 16.6. The number of oxazole rings is 1. The van der Waals surface area contributed by atoms with E-state index < -0.39 is 11.7 Å².